The van der Waals surface area contributed by atoms with Crippen molar-refractivity contribution in [3.8, 4) is 5.88 Å². The first-order chi connectivity index (χ1) is 15.9. The van der Waals surface area contributed by atoms with Crippen LogP contribution in [0.15, 0.2) is 17.2 Å². The highest BCUT2D eigenvalue weighted by Gasteiger charge is 2.48. The molecule has 0 radical (unpaired) electrons. The molecule has 2 heterocycles. The van der Waals surface area contributed by atoms with Crippen LogP contribution in [0.1, 0.15) is 53.9 Å². The number of carbonyl (C=O) groups excluding carboxylic acids is 1. The van der Waals surface area contributed by atoms with Crippen LogP contribution in [0, 0.1) is 10.2 Å². The number of anilines is 1. The molecule has 10 heteroatoms. The van der Waals surface area contributed by atoms with Crippen molar-refractivity contribution < 1.29 is 18.5 Å². The number of ether oxygens (including phenoxy) is 2. The van der Waals surface area contributed by atoms with E-state index >= 15 is 0 Å². The number of hydrogen-bond donors (Lipinski definition) is 3. The van der Waals surface area contributed by atoms with Gasteiger partial charge in [0.1, 0.15) is 4.90 Å². The number of urea groups is 1. The van der Waals surface area contributed by atoms with Gasteiger partial charge in [0, 0.05) is 24.1 Å². The van der Waals surface area contributed by atoms with Crippen molar-refractivity contribution in [3.05, 3.63) is 34.5 Å². The van der Waals surface area contributed by atoms with E-state index in [0.717, 1.165) is 61.8 Å². The van der Waals surface area contributed by atoms with Crippen LogP contribution in [0.3, 0.4) is 0 Å². The van der Waals surface area contributed by atoms with Gasteiger partial charge in [0.05, 0.1) is 26.0 Å². The van der Waals surface area contributed by atoms with Gasteiger partial charge in [0.2, 0.25) is 5.88 Å². The van der Waals surface area contributed by atoms with Gasteiger partial charge in [-0.3, -0.25) is 0 Å². The molecule has 2 amide bonds. The fraction of sp³-hybridized carbons (Fsp3) is 0.565. The Bertz CT molecular complexity index is 1250. The van der Waals surface area contributed by atoms with Gasteiger partial charge in [-0.1, -0.05) is 6.07 Å². The second kappa shape index (κ2) is 7.46. The molecule has 2 aromatic rings. The maximum Gasteiger partial charge on any atom is 0.331 e. The zero-order valence-electron chi connectivity index (χ0n) is 18.7. The standard InChI is InChI=1S/C23H29N5O4S/c1-31-11-16-6-5-15-9-14-3-2-4-17(14)20(19(15)16)26-22(29)27-33(24,30)18-10-25-28-12-23(7-8-23)13-32-21(18)28/h9-10,16H,2-8,11-13H2,1H3,(H3,24,26,27,29,30)/t16-,33?/m0/s1. The third-order valence-electron chi connectivity index (χ3n) is 7.57. The molecular weight excluding hydrogens is 442 g/mol. The number of amides is 2. The minimum atomic E-state index is -3.64. The summed E-state index contributed by atoms with van der Waals surface area (Å²) in [5, 5.41) is 7.26. The van der Waals surface area contributed by atoms with E-state index in [1.165, 1.54) is 17.3 Å². The number of rotatable bonds is 5. The van der Waals surface area contributed by atoms with E-state index in [1.807, 2.05) is 0 Å². The molecule has 1 saturated carbocycles. The number of nitrogens with one attached hydrogen (secondary N) is 3. The average Bonchev–Trinajstić information content (AvgIpc) is 3.15. The lowest BCUT2D eigenvalue weighted by molar-refractivity contribution is 0.144. The van der Waals surface area contributed by atoms with Crippen LogP contribution in [0.5, 0.6) is 5.88 Å². The fourth-order valence-electron chi connectivity index (χ4n) is 5.68. The van der Waals surface area contributed by atoms with Crippen molar-refractivity contribution in [1.29, 1.82) is 4.78 Å². The lowest BCUT2D eigenvalue weighted by Gasteiger charge is -2.24. The number of hydrogen-bond acceptors (Lipinski definition) is 6. The molecule has 176 valence electrons. The lowest BCUT2D eigenvalue weighted by Crippen LogP contribution is -2.35. The van der Waals surface area contributed by atoms with Gasteiger partial charge >= 0.3 is 6.03 Å². The molecule has 1 aromatic carbocycles. The predicted octanol–water partition coefficient (Wildman–Crippen LogP) is 3.36. The van der Waals surface area contributed by atoms with Crippen LogP contribution in [0.4, 0.5) is 10.5 Å². The van der Waals surface area contributed by atoms with Crippen molar-refractivity contribution in [2.24, 2.45) is 5.41 Å². The van der Waals surface area contributed by atoms with Gasteiger partial charge < -0.3 is 14.8 Å². The van der Waals surface area contributed by atoms with E-state index < -0.39 is 15.9 Å². The molecule has 6 rings (SSSR count). The first-order valence-electron chi connectivity index (χ1n) is 11.6. The van der Waals surface area contributed by atoms with Gasteiger partial charge in [0.15, 0.2) is 9.92 Å². The smallest absolute Gasteiger partial charge is 0.331 e. The molecule has 1 spiro atoms. The zero-order chi connectivity index (χ0) is 22.8. The van der Waals surface area contributed by atoms with Gasteiger partial charge in [0.25, 0.3) is 0 Å². The number of methoxy groups -OCH3 is 1. The first-order valence-corrected chi connectivity index (χ1v) is 13.2. The van der Waals surface area contributed by atoms with E-state index in [0.29, 0.717) is 25.6 Å². The number of benzene rings is 1. The molecule has 3 aliphatic carbocycles. The van der Waals surface area contributed by atoms with Crippen LogP contribution in [-0.2, 0) is 40.5 Å². The Labute approximate surface area is 193 Å². The molecule has 4 aliphatic rings. The predicted molar refractivity (Wildman–Crippen MR) is 122 cm³/mol. The number of nitrogens with zero attached hydrogens (tertiary/aromatic N) is 2. The topological polar surface area (TPSA) is 118 Å². The zero-order valence-corrected chi connectivity index (χ0v) is 19.6. The third kappa shape index (κ3) is 3.50. The van der Waals surface area contributed by atoms with Crippen LogP contribution < -0.4 is 14.8 Å². The normalized spacial score (nSPS) is 23.2. The highest BCUT2D eigenvalue weighted by Crippen LogP contribution is 2.50. The fourth-order valence-corrected chi connectivity index (χ4v) is 6.71. The Balaban J connectivity index is 1.27. The van der Waals surface area contributed by atoms with Gasteiger partial charge in [-0.15, -0.1) is 0 Å². The summed E-state index contributed by atoms with van der Waals surface area (Å²) in [7, 11) is -1.95. The minimum Gasteiger partial charge on any atom is -0.476 e. The lowest BCUT2D eigenvalue weighted by atomic mass is 9.94. The average molecular weight is 472 g/mol. The van der Waals surface area contributed by atoms with Crippen LogP contribution in [0.2, 0.25) is 0 Å². The first kappa shape index (κ1) is 21.0. The molecule has 0 bridgehead atoms. The largest absolute Gasteiger partial charge is 0.476 e. The quantitative estimate of drug-likeness (QED) is 0.618. The molecule has 1 unspecified atom stereocenters. The van der Waals surface area contributed by atoms with Crippen LogP contribution in [0.25, 0.3) is 0 Å². The summed E-state index contributed by atoms with van der Waals surface area (Å²) in [6.45, 7) is 1.84. The summed E-state index contributed by atoms with van der Waals surface area (Å²) in [5.74, 6) is 0.548. The molecule has 1 fully saturated rings. The van der Waals surface area contributed by atoms with Crippen molar-refractivity contribution in [2.75, 3.05) is 25.6 Å². The third-order valence-corrected chi connectivity index (χ3v) is 8.94. The van der Waals surface area contributed by atoms with Crippen molar-refractivity contribution >= 4 is 21.6 Å². The van der Waals surface area contributed by atoms with Crippen molar-refractivity contribution in [2.45, 2.75) is 62.3 Å². The van der Waals surface area contributed by atoms with Crippen LogP contribution >= 0.6 is 0 Å². The van der Waals surface area contributed by atoms with Gasteiger partial charge in [-0.25, -0.2) is 23.2 Å². The van der Waals surface area contributed by atoms with E-state index in [9.17, 15) is 9.00 Å². The minimum absolute atomic E-state index is 0.119. The summed E-state index contributed by atoms with van der Waals surface area (Å²) < 4.78 is 37.1. The van der Waals surface area contributed by atoms with Crippen molar-refractivity contribution in [3.63, 3.8) is 0 Å². The number of aromatic nitrogens is 2. The van der Waals surface area contributed by atoms with Crippen molar-refractivity contribution in [1.82, 2.24) is 14.5 Å². The van der Waals surface area contributed by atoms with E-state index in [-0.39, 0.29) is 16.2 Å². The Hall–Kier alpha value is -2.59. The summed E-state index contributed by atoms with van der Waals surface area (Å²) in [4.78, 5) is 13.2. The van der Waals surface area contributed by atoms with E-state index in [2.05, 4.69) is 21.2 Å². The summed E-state index contributed by atoms with van der Waals surface area (Å²) in [6.07, 6.45) is 8.48. The molecule has 1 aliphatic heterocycles. The highest BCUT2D eigenvalue weighted by molar-refractivity contribution is 7.91. The second-order valence-corrected chi connectivity index (χ2v) is 11.6. The molecule has 9 nitrogen and oxygen atoms in total. The Morgan fingerprint density at radius 3 is 3.00 bits per heavy atom. The Morgan fingerprint density at radius 2 is 2.21 bits per heavy atom. The Kier molecular flexibility index (Phi) is 4.74. The maximum atomic E-state index is 13.3. The van der Waals surface area contributed by atoms with Gasteiger partial charge in [-0.2, -0.15) is 5.10 Å². The van der Waals surface area contributed by atoms with Gasteiger partial charge in [-0.05, 0) is 67.2 Å². The SMILES string of the molecule is COC[C@@H]1CCc2cc3c(c(NC(=O)NS(=N)(=O)c4cnn5c4OCC4(CC4)C5)c21)CCC3. The van der Waals surface area contributed by atoms with E-state index in [4.69, 9.17) is 14.3 Å². The summed E-state index contributed by atoms with van der Waals surface area (Å²) >= 11 is 0. The van der Waals surface area contributed by atoms with Crippen LogP contribution in [-0.4, -0.2) is 40.3 Å². The molecule has 0 saturated heterocycles. The molecule has 1 aromatic heterocycles. The maximum absolute atomic E-state index is 13.3. The second-order valence-electron chi connectivity index (χ2n) is 9.88. The highest BCUT2D eigenvalue weighted by atomic mass is 32.2. The number of carbonyl (C=O) groups is 1. The molecule has 33 heavy (non-hydrogen) atoms. The number of fused-ring (bicyclic) bond motifs is 3. The van der Waals surface area contributed by atoms with E-state index in [1.54, 1.807) is 11.8 Å². The Morgan fingerprint density at radius 1 is 1.36 bits per heavy atom. The summed E-state index contributed by atoms with van der Waals surface area (Å²) in [6, 6.07) is 1.64. The monoisotopic (exact) mass is 471 g/mol. The molecular formula is C23H29N5O4S. The summed E-state index contributed by atoms with van der Waals surface area (Å²) in [5.41, 5.74) is 5.77. The molecule has 3 N–H and O–H groups in total. The molecule has 2 atom stereocenters. The number of aryl methyl sites for hydroxylation is 2.